The molecule has 0 amide bonds. The summed E-state index contributed by atoms with van der Waals surface area (Å²) in [6.45, 7) is 4.94. The van der Waals surface area contributed by atoms with Crippen molar-refractivity contribution in [3.05, 3.63) is 16.9 Å². The lowest BCUT2D eigenvalue weighted by molar-refractivity contribution is 0.0614. The topological polar surface area (TPSA) is 38.1 Å². The Hall–Kier alpha value is -0.870. The molecule has 0 bridgehead atoms. The molecule has 0 N–H and O–H groups in total. The molecule has 1 aromatic rings. The summed E-state index contributed by atoms with van der Waals surface area (Å²) in [6.07, 6.45) is 9.21. The zero-order valence-electron chi connectivity index (χ0n) is 12.8. The largest absolute Gasteiger partial charge is 0.291 e. The van der Waals surface area contributed by atoms with Crippen LogP contribution in [0.3, 0.4) is 0 Å². The second-order valence-corrected chi connectivity index (χ2v) is 6.73. The monoisotopic (exact) mass is 309 g/mol. The molecule has 0 aromatic carbocycles. The summed E-state index contributed by atoms with van der Waals surface area (Å²) in [5, 5.41) is 4.81. The van der Waals surface area contributed by atoms with Crippen molar-refractivity contribution in [2.75, 3.05) is 13.1 Å². The van der Waals surface area contributed by atoms with Gasteiger partial charge in [-0.1, -0.05) is 31.4 Å². The molecule has 116 valence electrons. The predicted octanol–water partition coefficient (Wildman–Crippen LogP) is 3.54. The van der Waals surface area contributed by atoms with Crippen LogP contribution in [0.1, 0.15) is 62.4 Å². The average molecular weight is 310 g/mol. The molecule has 3 rings (SSSR count). The van der Waals surface area contributed by atoms with Crippen LogP contribution in [0.4, 0.5) is 0 Å². The van der Waals surface area contributed by atoms with Crippen molar-refractivity contribution in [2.24, 2.45) is 0 Å². The quantitative estimate of drug-likeness (QED) is 0.781. The number of hydrogen-bond acceptors (Lipinski definition) is 3. The molecule has 1 aliphatic carbocycles. The molecule has 21 heavy (non-hydrogen) atoms. The molecular weight excluding hydrogens is 286 g/mol. The van der Waals surface area contributed by atoms with Crippen LogP contribution in [0, 0.1) is 0 Å². The molecule has 0 radical (unpaired) electrons. The van der Waals surface area contributed by atoms with E-state index in [0.717, 1.165) is 51.7 Å². The van der Waals surface area contributed by atoms with Crippen LogP contribution < -0.4 is 0 Å². The van der Waals surface area contributed by atoms with Crippen molar-refractivity contribution in [2.45, 2.75) is 64.0 Å². The highest BCUT2D eigenvalue weighted by atomic mass is 35.5. The smallest absolute Gasteiger partial charge is 0.202 e. The van der Waals surface area contributed by atoms with Crippen molar-refractivity contribution in [1.82, 2.24) is 14.7 Å². The number of rotatable bonds is 5. The predicted molar refractivity (Wildman–Crippen MR) is 83.9 cm³/mol. The maximum atomic E-state index is 13.3. The molecule has 2 heterocycles. The van der Waals surface area contributed by atoms with Crippen LogP contribution in [0.25, 0.3) is 0 Å². The maximum absolute atomic E-state index is 13.3. The summed E-state index contributed by atoms with van der Waals surface area (Å²) in [7, 11) is 0. The first kappa shape index (κ1) is 15.0. The Bertz CT molecular complexity index is 514. The zero-order valence-corrected chi connectivity index (χ0v) is 13.5. The van der Waals surface area contributed by atoms with E-state index in [0.29, 0.717) is 10.7 Å². The fourth-order valence-corrected chi connectivity index (χ4v) is 4.21. The molecule has 2 aliphatic rings. The van der Waals surface area contributed by atoms with Crippen molar-refractivity contribution in [3.8, 4) is 0 Å². The van der Waals surface area contributed by atoms with Gasteiger partial charge in [0.05, 0.1) is 16.8 Å². The van der Waals surface area contributed by atoms with Crippen LogP contribution in [-0.2, 0) is 6.54 Å². The molecule has 1 saturated carbocycles. The van der Waals surface area contributed by atoms with E-state index < -0.39 is 0 Å². The SMILES string of the molecule is CCCn1ncc(Cl)c1C(=O)C1(N2CCCC2)CCCC1. The van der Waals surface area contributed by atoms with E-state index in [-0.39, 0.29) is 11.3 Å². The fraction of sp³-hybridized carbons (Fsp3) is 0.750. The molecule has 1 aromatic heterocycles. The van der Waals surface area contributed by atoms with E-state index in [9.17, 15) is 4.79 Å². The summed E-state index contributed by atoms with van der Waals surface area (Å²) in [5.74, 6) is 0.206. The van der Waals surface area contributed by atoms with Gasteiger partial charge in [-0.15, -0.1) is 0 Å². The van der Waals surface area contributed by atoms with Crippen LogP contribution in [-0.4, -0.2) is 39.1 Å². The fourth-order valence-electron chi connectivity index (χ4n) is 3.98. The molecular formula is C16H24ClN3O. The highest BCUT2D eigenvalue weighted by Crippen LogP contribution is 2.40. The summed E-state index contributed by atoms with van der Waals surface area (Å²) < 4.78 is 1.81. The highest BCUT2D eigenvalue weighted by Gasteiger charge is 2.48. The van der Waals surface area contributed by atoms with Crippen LogP contribution in [0.5, 0.6) is 0 Å². The molecule has 4 nitrogen and oxygen atoms in total. The number of aromatic nitrogens is 2. The molecule has 0 spiro atoms. The third-order valence-corrected chi connectivity index (χ3v) is 5.29. The van der Waals surface area contributed by atoms with E-state index in [1.165, 1.54) is 12.8 Å². The molecule has 1 saturated heterocycles. The first-order valence-electron chi connectivity index (χ1n) is 8.20. The summed E-state index contributed by atoms with van der Waals surface area (Å²) in [4.78, 5) is 15.8. The minimum Gasteiger partial charge on any atom is -0.291 e. The van der Waals surface area contributed by atoms with Crippen molar-refractivity contribution >= 4 is 17.4 Å². The van der Waals surface area contributed by atoms with E-state index in [1.54, 1.807) is 10.9 Å². The van der Waals surface area contributed by atoms with Gasteiger partial charge >= 0.3 is 0 Å². The summed E-state index contributed by atoms with van der Waals surface area (Å²) in [6, 6.07) is 0. The number of carbonyl (C=O) groups is 1. The number of nitrogens with zero attached hydrogens (tertiary/aromatic N) is 3. The van der Waals surface area contributed by atoms with Gasteiger partial charge in [0.15, 0.2) is 0 Å². The highest BCUT2D eigenvalue weighted by molar-refractivity contribution is 6.34. The van der Waals surface area contributed by atoms with Crippen LogP contribution in [0.15, 0.2) is 6.20 Å². The number of halogens is 1. The molecule has 2 fully saturated rings. The van der Waals surface area contributed by atoms with E-state index in [2.05, 4.69) is 16.9 Å². The van der Waals surface area contributed by atoms with Gasteiger partial charge in [0, 0.05) is 6.54 Å². The number of ketones is 1. The average Bonchev–Trinajstić information content (AvgIpc) is 3.19. The Balaban J connectivity index is 1.96. The Kier molecular flexibility index (Phi) is 4.36. The third kappa shape index (κ3) is 2.53. The van der Waals surface area contributed by atoms with Crippen LogP contribution in [0.2, 0.25) is 5.02 Å². The van der Waals surface area contributed by atoms with E-state index in [4.69, 9.17) is 11.6 Å². The van der Waals surface area contributed by atoms with Gasteiger partial charge < -0.3 is 0 Å². The van der Waals surface area contributed by atoms with Gasteiger partial charge in [0.25, 0.3) is 0 Å². The second kappa shape index (κ2) is 6.09. The molecule has 1 aliphatic heterocycles. The Morgan fingerprint density at radius 3 is 2.57 bits per heavy atom. The normalized spacial score (nSPS) is 22.0. The summed E-state index contributed by atoms with van der Waals surface area (Å²) in [5.41, 5.74) is 0.318. The van der Waals surface area contributed by atoms with E-state index >= 15 is 0 Å². The standard InChI is InChI=1S/C16H24ClN3O/c1-2-9-20-14(13(17)12-18-20)15(21)16(7-3-4-8-16)19-10-5-6-11-19/h12H,2-11H2,1H3. The van der Waals surface area contributed by atoms with Gasteiger partial charge in [-0.25, -0.2) is 0 Å². The Morgan fingerprint density at radius 2 is 1.95 bits per heavy atom. The molecule has 0 unspecified atom stereocenters. The number of carbonyl (C=O) groups excluding carboxylic acids is 1. The lowest BCUT2D eigenvalue weighted by Crippen LogP contribution is -2.52. The molecule has 0 atom stereocenters. The third-order valence-electron chi connectivity index (χ3n) is 5.01. The zero-order chi connectivity index (χ0) is 14.9. The van der Waals surface area contributed by atoms with Gasteiger partial charge in [-0.2, -0.15) is 5.10 Å². The Morgan fingerprint density at radius 1 is 1.29 bits per heavy atom. The van der Waals surface area contributed by atoms with Crippen molar-refractivity contribution < 1.29 is 4.79 Å². The van der Waals surface area contributed by atoms with Crippen LogP contribution >= 0.6 is 11.6 Å². The first-order chi connectivity index (χ1) is 10.2. The van der Waals surface area contributed by atoms with Gasteiger partial charge in [0.1, 0.15) is 5.69 Å². The number of hydrogen-bond donors (Lipinski definition) is 0. The number of Topliss-reactive ketones (excluding diaryl/α,β-unsaturated/α-hetero) is 1. The maximum Gasteiger partial charge on any atom is 0.202 e. The lowest BCUT2D eigenvalue weighted by atomic mass is 9.88. The van der Waals surface area contributed by atoms with Gasteiger partial charge in [-0.05, 0) is 45.2 Å². The van der Waals surface area contributed by atoms with Crippen molar-refractivity contribution in [3.63, 3.8) is 0 Å². The molecule has 5 heteroatoms. The minimum absolute atomic E-state index is 0.206. The number of aryl methyl sites for hydroxylation is 1. The lowest BCUT2D eigenvalue weighted by Gasteiger charge is -2.37. The van der Waals surface area contributed by atoms with E-state index in [1.807, 2.05) is 0 Å². The summed E-state index contributed by atoms with van der Waals surface area (Å²) >= 11 is 6.30. The second-order valence-electron chi connectivity index (χ2n) is 6.33. The number of likely N-dealkylation sites (tertiary alicyclic amines) is 1. The Labute approximate surface area is 131 Å². The minimum atomic E-state index is -0.314. The van der Waals surface area contributed by atoms with Gasteiger partial charge in [-0.3, -0.25) is 14.4 Å². The van der Waals surface area contributed by atoms with Crippen molar-refractivity contribution in [1.29, 1.82) is 0 Å². The first-order valence-corrected chi connectivity index (χ1v) is 8.58. The van der Waals surface area contributed by atoms with Gasteiger partial charge in [0.2, 0.25) is 5.78 Å².